The molecule has 27 heavy (non-hydrogen) atoms. The predicted molar refractivity (Wildman–Crippen MR) is 100 cm³/mol. The van der Waals surface area contributed by atoms with Crippen LogP contribution in [0.3, 0.4) is 0 Å². The summed E-state index contributed by atoms with van der Waals surface area (Å²) < 4.78 is 47.0. The Balaban J connectivity index is 2.11. The first-order chi connectivity index (χ1) is 12.9. The van der Waals surface area contributed by atoms with Gasteiger partial charge < -0.3 is 5.32 Å². The van der Waals surface area contributed by atoms with E-state index in [-0.39, 0.29) is 6.04 Å². The Morgan fingerprint density at radius 3 is 2.52 bits per heavy atom. The van der Waals surface area contributed by atoms with Gasteiger partial charge in [-0.15, -0.1) is 0 Å². The van der Waals surface area contributed by atoms with E-state index in [4.69, 9.17) is 5.26 Å². The Morgan fingerprint density at radius 1 is 1.22 bits per heavy atom. The molecule has 0 bridgehead atoms. The van der Waals surface area contributed by atoms with Crippen molar-refractivity contribution < 1.29 is 17.4 Å². The smallest absolute Gasteiger partial charge is 0.265 e. The van der Waals surface area contributed by atoms with Gasteiger partial charge in [-0.05, 0) is 54.8 Å². The minimum absolute atomic E-state index is 0.115. The van der Waals surface area contributed by atoms with Crippen molar-refractivity contribution >= 4 is 10.1 Å². The van der Waals surface area contributed by atoms with Crippen molar-refractivity contribution in [2.24, 2.45) is 5.92 Å². The van der Waals surface area contributed by atoms with Crippen molar-refractivity contribution in [2.75, 3.05) is 12.3 Å². The predicted octanol–water partition coefficient (Wildman–Crippen LogP) is 3.09. The molecule has 0 unspecified atom stereocenters. The Labute approximate surface area is 158 Å². The Morgan fingerprint density at radius 2 is 1.96 bits per heavy atom. The average Bonchev–Trinajstić information content (AvgIpc) is 3.15. The second kappa shape index (κ2) is 8.17. The minimum atomic E-state index is -4.23. The Hall–Kier alpha value is -2.27. The Kier molecular flexibility index (Phi) is 5.90. The highest BCUT2D eigenvalue weighted by Crippen LogP contribution is 2.37. The quantitative estimate of drug-likeness (QED) is 0.742. The number of nitrogens with one attached hydrogen (secondary N) is 1. The topological polar surface area (TPSA) is 90.2 Å². The van der Waals surface area contributed by atoms with Crippen LogP contribution in [0.15, 0.2) is 48.5 Å². The van der Waals surface area contributed by atoms with E-state index < -0.39 is 33.5 Å². The molecule has 1 aliphatic rings. The molecule has 7 heteroatoms. The second-order valence-corrected chi connectivity index (χ2v) is 8.38. The van der Waals surface area contributed by atoms with Gasteiger partial charge in [-0.1, -0.05) is 24.3 Å². The third kappa shape index (κ3) is 4.92. The molecule has 0 aromatic heterocycles. The zero-order chi connectivity index (χ0) is 19.4. The molecule has 2 aromatic carbocycles. The van der Waals surface area contributed by atoms with E-state index in [1.54, 1.807) is 36.4 Å². The summed E-state index contributed by atoms with van der Waals surface area (Å²) in [6.45, 7) is 0.774. The summed E-state index contributed by atoms with van der Waals surface area (Å²) in [7, 11) is -4.23. The highest BCUT2D eigenvalue weighted by molar-refractivity contribution is 7.85. The molecule has 142 valence electrons. The molecule has 3 rings (SSSR count). The number of hydrogen-bond acceptors (Lipinski definition) is 4. The van der Waals surface area contributed by atoms with Crippen LogP contribution in [-0.4, -0.2) is 31.3 Å². The molecule has 2 aromatic rings. The van der Waals surface area contributed by atoms with Crippen molar-refractivity contribution in [3.63, 3.8) is 0 Å². The summed E-state index contributed by atoms with van der Waals surface area (Å²) >= 11 is 0. The highest BCUT2D eigenvalue weighted by Gasteiger charge is 2.36. The summed E-state index contributed by atoms with van der Waals surface area (Å²) in [4.78, 5) is 0. The fraction of sp³-hybridized carbons (Fsp3) is 0.350. The van der Waals surface area contributed by atoms with Crippen molar-refractivity contribution in [3.8, 4) is 6.07 Å². The Bertz CT molecular complexity index is 932. The normalized spacial score (nSPS) is 19.4. The first kappa shape index (κ1) is 19.5. The zero-order valence-corrected chi connectivity index (χ0v) is 15.5. The van der Waals surface area contributed by atoms with E-state index in [9.17, 15) is 17.4 Å². The molecule has 1 saturated heterocycles. The van der Waals surface area contributed by atoms with Gasteiger partial charge in [-0.2, -0.15) is 13.7 Å². The standard InChI is InChI=1S/C20H21FN2O3S/c21-17-4-1-3-16(11-17)20(15-8-6-14(12-22)7-9-15)18(13-27(24,25)26)19-5-2-10-23-19/h1,3-4,6-9,11,18-20,23H,2,5,10,13H2,(H,24,25,26)/t18-,19+,20+/m0/s1. The zero-order valence-electron chi connectivity index (χ0n) is 14.7. The van der Waals surface area contributed by atoms with Crippen molar-refractivity contribution in [2.45, 2.75) is 24.8 Å². The van der Waals surface area contributed by atoms with E-state index in [1.165, 1.54) is 12.1 Å². The fourth-order valence-electron chi connectivity index (χ4n) is 3.92. The molecule has 0 amide bonds. The first-order valence-corrected chi connectivity index (χ1v) is 10.4. The molecule has 5 nitrogen and oxygen atoms in total. The van der Waals surface area contributed by atoms with Gasteiger partial charge >= 0.3 is 0 Å². The van der Waals surface area contributed by atoms with E-state index in [0.29, 0.717) is 11.1 Å². The maximum absolute atomic E-state index is 13.9. The maximum atomic E-state index is 13.9. The van der Waals surface area contributed by atoms with Crippen molar-refractivity contribution in [3.05, 3.63) is 71.0 Å². The molecule has 2 N–H and O–H groups in total. The van der Waals surface area contributed by atoms with Gasteiger partial charge in [-0.25, -0.2) is 4.39 Å². The van der Waals surface area contributed by atoms with Crippen LogP contribution in [0.25, 0.3) is 0 Å². The third-order valence-electron chi connectivity index (χ3n) is 5.05. The fourth-order valence-corrected chi connectivity index (χ4v) is 4.83. The van der Waals surface area contributed by atoms with Crippen LogP contribution in [-0.2, 0) is 10.1 Å². The highest BCUT2D eigenvalue weighted by atomic mass is 32.2. The van der Waals surface area contributed by atoms with Gasteiger partial charge in [0.25, 0.3) is 10.1 Å². The van der Waals surface area contributed by atoms with Crippen LogP contribution in [0.2, 0.25) is 0 Å². The number of benzene rings is 2. The lowest BCUT2D eigenvalue weighted by atomic mass is 9.77. The summed E-state index contributed by atoms with van der Waals surface area (Å²) in [5, 5.41) is 12.3. The minimum Gasteiger partial charge on any atom is -0.314 e. The van der Waals surface area contributed by atoms with Gasteiger partial charge in [0, 0.05) is 17.9 Å². The lowest BCUT2D eigenvalue weighted by Crippen LogP contribution is -2.39. The van der Waals surface area contributed by atoms with Crippen LogP contribution in [0.4, 0.5) is 4.39 Å². The SMILES string of the molecule is N#Cc1ccc([C@H](c2cccc(F)c2)[C@@H](CS(=O)(=O)O)[C@H]2CCCN2)cc1. The van der Waals surface area contributed by atoms with Gasteiger partial charge in [0.05, 0.1) is 17.4 Å². The molecule has 0 saturated carbocycles. The van der Waals surface area contributed by atoms with E-state index in [0.717, 1.165) is 24.9 Å². The van der Waals surface area contributed by atoms with E-state index >= 15 is 0 Å². The number of halogens is 1. The lowest BCUT2D eigenvalue weighted by Gasteiger charge is -2.32. The first-order valence-electron chi connectivity index (χ1n) is 8.81. The van der Waals surface area contributed by atoms with Gasteiger partial charge in [-0.3, -0.25) is 4.55 Å². The van der Waals surface area contributed by atoms with Crippen molar-refractivity contribution in [1.29, 1.82) is 5.26 Å². The summed E-state index contributed by atoms with van der Waals surface area (Å²) in [6.07, 6.45) is 1.69. The summed E-state index contributed by atoms with van der Waals surface area (Å²) in [5.74, 6) is -1.74. The number of rotatable bonds is 6. The molecule has 0 spiro atoms. The van der Waals surface area contributed by atoms with Gasteiger partial charge in [0.15, 0.2) is 0 Å². The largest absolute Gasteiger partial charge is 0.314 e. The van der Waals surface area contributed by atoms with Crippen LogP contribution >= 0.6 is 0 Å². The number of nitrogens with zero attached hydrogens (tertiary/aromatic N) is 1. The van der Waals surface area contributed by atoms with E-state index in [1.807, 2.05) is 0 Å². The van der Waals surface area contributed by atoms with Crippen LogP contribution < -0.4 is 5.32 Å². The molecule has 1 fully saturated rings. The monoisotopic (exact) mass is 388 g/mol. The molecule has 3 atom stereocenters. The third-order valence-corrected chi connectivity index (χ3v) is 5.86. The molecule has 1 aliphatic heterocycles. The second-order valence-electron chi connectivity index (χ2n) is 6.88. The van der Waals surface area contributed by atoms with Gasteiger partial charge in [0.1, 0.15) is 5.82 Å². The van der Waals surface area contributed by atoms with Crippen LogP contribution in [0.1, 0.15) is 35.4 Å². The molecular weight excluding hydrogens is 367 g/mol. The maximum Gasteiger partial charge on any atom is 0.265 e. The molecule has 0 radical (unpaired) electrons. The molecule has 1 heterocycles. The molecule has 0 aliphatic carbocycles. The van der Waals surface area contributed by atoms with Crippen LogP contribution in [0, 0.1) is 23.1 Å². The number of hydrogen-bond donors (Lipinski definition) is 2. The van der Waals surface area contributed by atoms with Gasteiger partial charge in [0.2, 0.25) is 0 Å². The molecular formula is C20H21FN2O3S. The number of nitriles is 1. The van der Waals surface area contributed by atoms with E-state index in [2.05, 4.69) is 11.4 Å². The average molecular weight is 388 g/mol. The summed E-state index contributed by atoms with van der Waals surface area (Å²) in [5.41, 5.74) is 1.91. The summed E-state index contributed by atoms with van der Waals surface area (Å²) in [6, 6.07) is 14.9. The lowest BCUT2D eigenvalue weighted by molar-refractivity contribution is 0.369. The van der Waals surface area contributed by atoms with Crippen LogP contribution in [0.5, 0.6) is 0 Å². The van der Waals surface area contributed by atoms with Crippen molar-refractivity contribution in [1.82, 2.24) is 5.32 Å².